The fraction of sp³-hybridized carbons (Fsp3) is 0.500. The number of nitrogens with one attached hydrogen (secondary N) is 1. The molecule has 1 fully saturated rings. The van der Waals surface area contributed by atoms with Crippen LogP contribution < -0.4 is 11.1 Å². The summed E-state index contributed by atoms with van der Waals surface area (Å²) >= 11 is 0. The monoisotopic (exact) mass is 249 g/mol. The van der Waals surface area contributed by atoms with Crippen LogP contribution in [0.1, 0.15) is 32.3 Å². The second-order valence-electron chi connectivity index (χ2n) is 5.29. The van der Waals surface area contributed by atoms with Gasteiger partial charge in [-0.15, -0.1) is 0 Å². The van der Waals surface area contributed by atoms with Crippen LogP contribution in [-0.4, -0.2) is 18.5 Å². The number of hydrogen-bond acceptors (Lipinski definition) is 1. The van der Waals surface area contributed by atoms with Crippen LogP contribution in [0.15, 0.2) is 29.3 Å². The topological polar surface area (TPSA) is 50.4 Å². The third-order valence-corrected chi connectivity index (χ3v) is 3.28. The summed E-state index contributed by atoms with van der Waals surface area (Å²) in [7, 11) is 0. The van der Waals surface area contributed by atoms with Gasteiger partial charge in [-0.3, -0.25) is 4.99 Å². The van der Waals surface area contributed by atoms with Crippen LogP contribution in [0.3, 0.4) is 0 Å². The van der Waals surface area contributed by atoms with Gasteiger partial charge in [0.15, 0.2) is 5.96 Å². The highest BCUT2D eigenvalue weighted by atomic mass is 19.1. The summed E-state index contributed by atoms with van der Waals surface area (Å²) < 4.78 is 13.2. The second kappa shape index (κ2) is 4.96. The Balaban J connectivity index is 2.05. The van der Waals surface area contributed by atoms with Gasteiger partial charge in [-0.25, -0.2) is 4.39 Å². The fourth-order valence-electron chi connectivity index (χ4n) is 2.09. The number of rotatable bonds is 4. The quantitative estimate of drug-likeness (QED) is 0.634. The van der Waals surface area contributed by atoms with Crippen molar-refractivity contribution in [1.82, 2.24) is 5.32 Å². The lowest BCUT2D eigenvalue weighted by molar-refractivity contribution is 0.615. The number of benzene rings is 1. The molecular weight excluding hydrogens is 229 g/mol. The highest BCUT2D eigenvalue weighted by molar-refractivity contribution is 5.78. The Bertz CT molecular complexity index is 450. The number of nitrogens with two attached hydrogens (primary N) is 1. The molecule has 98 valence electrons. The van der Waals surface area contributed by atoms with Crippen molar-refractivity contribution >= 4 is 5.96 Å². The molecule has 1 aliphatic rings. The van der Waals surface area contributed by atoms with Gasteiger partial charge < -0.3 is 11.1 Å². The average molecular weight is 249 g/mol. The van der Waals surface area contributed by atoms with Crippen LogP contribution in [0.5, 0.6) is 0 Å². The molecule has 0 saturated heterocycles. The zero-order chi connectivity index (χ0) is 13.2. The molecule has 0 atom stereocenters. The molecule has 1 aromatic rings. The van der Waals surface area contributed by atoms with Gasteiger partial charge in [-0.1, -0.05) is 12.1 Å². The molecular formula is C14H20FN3. The molecule has 0 aliphatic heterocycles. The Morgan fingerprint density at radius 1 is 1.50 bits per heavy atom. The van der Waals surface area contributed by atoms with Crippen molar-refractivity contribution in [2.45, 2.75) is 38.1 Å². The Kier molecular flexibility index (Phi) is 3.55. The van der Waals surface area contributed by atoms with Gasteiger partial charge in [-0.2, -0.15) is 0 Å². The zero-order valence-corrected chi connectivity index (χ0v) is 10.9. The van der Waals surface area contributed by atoms with E-state index in [0.717, 1.165) is 18.4 Å². The van der Waals surface area contributed by atoms with Crippen molar-refractivity contribution in [2.75, 3.05) is 6.54 Å². The smallest absolute Gasteiger partial charge is 0.188 e. The number of hydrogen-bond donors (Lipinski definition) is 2. The lowest BCUT2D eigenvalue weighted by atomic mass is 9.96. The predicted molar refractivity (Wildman–Crippen MR) is 72.1 cm³/mol. The molecule has 0 radical (unpaired) electrons. The molecule has 0 aromatic heterocycles. The maximum absolute atomic E-state index is 13.2. The van der Waals surface area contributed by atoms with Gasteiger partial charge in [0.1, 0.15) is 5.82 Å². The summed E-state index contributed by atoms with van der Waals surface area (Å²) in [6.45, 7) is 4.66. The van der Waals surface area contributed by atoms with Gasteiger partial charge in [0.2, 0.25) is 0 Å². The largest absolute Gasteiger partial charge is 0.370 e. The van der Waals surface area contributed by atoms with E-state index in [1.807, 2.05) is 19.9 Å². The van der Waals surface area contributed by atoms with E-state index in [-0.39, 0.29) is 17.3 Å². The lowest BCUT2D eigenvalue weighted by Gasteiger charge is -2.14. The first-order chi connectivity index (χ1) is 8.52. The second-order valence-corrected chi connectivity index (χ2v) is 5.29. The molecule has 1 aliphatic carbocycles. The first-order valence-electron chi connectivity index (χ1n) is 6.34. The molecule has 0 unspecified atom stereocenters. The van der Waals surface area contributed by atoms with Crippen LogP contribution in [0.25, 0.3) is 0 Å². The van der Waals surface area contributed by atoms with Crippen molar-refractivity contribution in [1.29, 1.82) is 0 Å². The minimum Gasteiger partial charge on any atom is -0.370 e. The number of guanidine groups is 1. The highest BCUT2D eigenvalue weighted by Crippen LogP contribution is 2.48. The molecule has 1 aromatic carbocycles. The molecule has 3 nitrogen and oxygen atoms in total. The van der Waals surface area contributed by atoms with E-state index in [1.54, 1.807) is 12.1 Å². The van der Waals surface area contributed by atoms with E-state index in [9.17, 15) is 4.39 Å². The van der Waals surface area contributed by atoms with Crippen LogP contribution in [0, 0.1) is 5.82 Å². The Labute approximate surface area is 107 Å². The van der Waals surface area contributed by atoms with Crippen molar-refractivity contribution in [3.63, 3.8) is 0 Å². The van der Waals surface area contributed by atoms with E-state index in [0.29, 0.717) is 12.5 Å². The van der Waals surface area contributed by atoms with Gasteiger partial charge in [-0.05, 0) is 44.4 Å². The first kappa shape index (κ1) is 12.9. The molecule has 2 rings (SSSR count). The van der Waals surface area contributed by atoms with Crippen LogP contribution in [0.2, 0.25) is 0 Å². The first-order valence-corrected chi connectivity index (χ1v) is 6.34. The predicted octanol–water partition coefficient (Wildman–Crippen LogP) is 2.17. The fourth-order valence-corrected chi connectivity index (χ4v) is 2.09. The Hall–Kier alpha value is -1.58. The summed E-state index contributed by atoms with van der Waals surface area (Å²) in [5, 5.41) is 3.06. The maximum Gasteiger partial charge on any atom is 0.188 e. The summed E-state index contributed by atoms with van der Waals surface area (Å²) in [5.74, 6) is 0.281. The number of aliphatic imine (C=N–C) groups is 1. The zero-order valence-electron chi connectivity index (χ0n) is 10.9. The minimum atomic E-state index is -0.184. The van der Waals surface area contributed by atoms with Gasteiger partial charge in [0.05, 0.1) is 6.54 Å². The summed E-state index contributed by atoms with van der Waals surface area (Å²) in [4.78, 5) is 4.37. The van der Waals surface area contributed by atoms with Gasteiger partial charge in [0, 0.05) is 11.5 Å². The molecule has 0 heterocycles. The third-order valence-electron chi connectivity index (χ3n) is 3.28. The third kappa shape index (κ3) is 3.00. The number of nitrogens with zero attached hydrogens (tertiary/aromatic N) is 1. The van der Waals surface area contributed by atoms with E-state index < -0.39 is 0 Å². The van der Waals surface area contributed by atoms with E-state index >= 15 is 0 Å². The molecule has 0 bridgehead atoms. The summed E-state index contributed by atoms with van der Waals surface area (Å²) in [5.41, 5.74) is 6.82. The maximum atomic E-state index is 13.2. The SMILES string of the molecule is CC(C)NC(N)=NCC1(c2cccc(F)c2)CC1. The van der Waals surface area contributed by atoms with Gasteiger partial charge in [0.25, 0.3) is 0 Å². The van der Waals surface area contributed by atoms with Crippen LogP contribution in [0.4, 0.5) is 4.39 Å². The van der Waals surface area contributed by atoms with E-state index in [2.05, 4.69) is 10.3 Å². The minimum absolute atomic E-state index is 0.00534. The van der Waals surface area contributed by atoms with Crippen molar-refractivity contribution in [2.24, 2.45) is 10.7 Å². The van der Waals surface area contributed by atoms with Gasteiger partial charge >= 0.3 is 0 Å². The van der Waals surface area contributed by atoms with E-state index in [4.69, 9.17) is 5.73 Å². The molecule has 3 N–H and O–H groups in total. The normalized spacial score (nSPS) is 17.9. The molecule has 4 heteroatoms. The highest BCUT2D eigenvalue weighted by Gasteiger charge is 2.44. The standard InChI is InChI=1S/C14H20FN3/c1-10(2)18-13(16)17-9-14(6-7-14)11-4-3-5-12(15)8-11/h3-5,8,10H,6-7,9H2,1-2H3,(H3,16,17,18). The summed E-state index contributed by atoms with van der Waals surface area (Å²) in [6, 6.07) is 7.08. The van der Waals surface area contributed by atoms with Crippen LogP contribution >= 0.6 is 0 Å². The molecule has 0 spiro atoms. The summed E-state index contributed by atoms with van der Waals surface area (Å²) in [6.07, 6.45) is 2.10. The number of halogens is 1. The van der Waals surface area contributed by atoms with E-state index in [1.165, 1.54) is 6.07 Å². The van der Waals surface area contributed by atoms with Crippen molar-refractivity contribution < 1.29 is 4.39 Å². The Morgan fingerprint density at radius 2 is 2.22 bits per heavy atom. The molecule has 18 heavy (non-hydrogen) atoms. The molecule has 1 saturated carbocycles. The van der Waals surface area contributed by atoms with Crippen molar-refractivity contribution in [3.8, 4) is 0 Å². The van der Waals surface area contributed by atoms with Crippen LogP contribution in [-0.2, 0) is 5.41 Å². The average Bonchev–Trinajstić information content (AvgIpc) is 3.06. The lowest BCUT2D eigenvalue weighted by Crippen LogP contribution is -2.37. The van der Waals surface area contributed by atoms with Crippen molar-refractivity contribution in [3.05, 3.63) is 35.6 Å². The molecule has 0 amide bonds. The Morgan fingerprint density at radius 3 is 2.78 bits per heavy atom.